The summed E-state index contributed by atoms with van der Waals surface area (Å²) in [5.74, 6) is 1.83. The van der Waals surface area contributed by atoms with Crippen molar-refractivity contribution in [2.75, 3.05) is 23.4 Å². The summed E-state index contributed by atoms with van der Waals surface area (Å²) in [7, 11) is 0. The topological polar surface area (TPSA) is 54.4 Å². The fourth-order valence-corrected chi connectivity index (χ4v) is 4.76. The van der Waals surface area contributed by atoms with E-state index < -0.39 is 0 Å². The summed E-state index contributed by atoms with van der Waals surface area (Å²) in [6.45, 7) is 2.96. The van der Waals surface area contributed by atoms with Crippen molar-refractivity contribution in [2.24, 2.45) is 4.99 Å². The van der Waals surface area contributed by atoms with Crippen molar-refractivity contribution >= 4 is 50.3 Å². The van der Waals surface area contributed by atoms with Crippen LogP contribution in [0.2, 0.25) is 0 Å². The number of carbonyl (C=O) groups is 1. The second-order valence-corrected chi connectivity index (χ2v) is 8.33. The minimum absolute atomic E-state index is 0.00547. The number of thiazole rings is 1. The van der Waals surface area contributed by atoms with E-state index in [2.05, 4.69) is 34.3 Å². The first-order valence-corrected chi connectivity index (χ1v) is 10.2. The fraction of sp³-hybridized carbons (Fsp3) is 0.312. The van der Waals surface area contributed by atoms with Crippen LogP contribution in [-0.4, -0.2) is 33.3 Å². The van der Waals surface area contributed by atoms with Crippen molar-refractivity contribution in [3.05, 3.63) is 35.2 Å². The molecular formula is C16H17N3OS3. The average Bonchev–Trinajstić information content (AvgIpc) is 3.20. The number of benzene rings is 1. The largest absolute Gasteiger partial charge is 0.302 e. The van der Waals surface area contributed by atoms with Gasteiger partial charge in [-0.1, -0.05) is 53.4 Å². The third-order valence-corrected chi connectivity index (χ3v) is 6.22. The number of hydrogen-bond acceptors (Lipinski definition) is 6. The van der Waals surface area contributed by atoms with Crippen molar-refractivity contribution < 1.29 is 4.79 Å². The summed E-state index contributed by atoms with van der Waals surface area (Å²) < 4.78 is 1.11. The van der Waals surface area contributed by atoms with Crippen LogP contribution in [0.3, 0.4) is 0 Å². The Balaban J connectivity index is 1.50. The normalized spacial score (nSPS) is 13.9. The van der Waals surface area contributed by atoms with Gasteiger partial charge < -0.3 is 5.32 Å². The Bertz CT molecular complexity index is 710. The smallest absolute Gasteiger partial charge is 0.226 e. The number of amides is 1. The Kier molecular flexibility index (Phi) is 5.75. The molecule has 0 spiro atoms. The average molecular weight is 364 g/mol. The highest BCUT2D eigenvalue weighted by atomic mass is 32.2. The first-order valence-electron chi connectivity index (χ1n) is 7.33. The molecule has 0 saturated heterocycles. The number of thioether (sulfide) groups is 2. The maximum atomic E-state index is 12.0. The Morgan fingerprint density at radius 2 is 2.17 bits per heavy atom. The zero-order chi connectivity index (χ0) is 16.1. The summed E-state index contributed by atoms with van der Waals surface area (Å²) in [5, 5.41) is 5.50. The molecule has 0 radical (unpaired) electrons. The molecule has 1 amide bonds. The Morgan fingerprint density at radius 1 is 1.35 bits per heavy atom. The lowest BCUT2D eigenvalue weighted by Crippen LogP contribution is -2.12. The van der Waals surface area contributed by atoms with Gasteiger partial charge in [-0.15, -0.1) is 11.3 Å². The van der Waals surface area contributed by atoms with Crippen LogP contribution in [0.4, 0.5) is 5.13 Å². The van der Waals surface area contributed by atoms with E-state index in [0.29, 0.717) is 11.6 Å². The molecule has 1 aromatic carbocycles. The second-order valence-electron chi connectivity index (χ2n) is 5.05. The summed E-state index contributed by atoms with van der Waals surface area (Å²) in [4.78, 5) is 20.8. The quantitative estimate of drug-likeness (QED) is 0.861. The van der Waals surface area contributed by atoms with Crippen LogP contribution in [-0.2, 0) is 4.79 Å². The third kappa shape index (κ3) is 4.83. The molecule has 120 valence electrons. The van der Waals surface area contributed by atoms with Crippen LogP contribution in [0.5, 0.6) is 0 Å². The number of hydrogen-bond donors (Lipinski definition) is 1. The number of aromatic nitrogens is 1. The van der Waals surface area contributed by atoms with E-state index in [1.54, 1.807) is 23.5 Å². The molecule has 0 bridgehead atoms. The zero-order valence-electron chi connectivity index (χ0n) is 12.7. The zero-order valence-corrected chi connectivity index (χ0v) is 15.2. The van der Waals surface area contributed by atoms with E-state index in [4.69, 9.17) is 0 Å². The molecular weight excluding hydrogens is 346 g/mol. The van der Waals surface area contributed by atoms with E-state index in [-0.39, 0.29) is 5.91 Å². The number of aliphatic imine (C=N–C) groups is 1. The first-order chi connectivity index (χ1) is 11.2. The van der Waals surface area contributed by atoms with Crippen LogP contribution in [0.1, 0.15) is 12.0 Å². The molecule has 23 heavy (non-hydrogen) atoms. The Labute approximate surface area is 148 Å². The van der Waals surface area contributed by atoms with E-state index in [9.17, 15) is 4.79 Å². The highest BCUT2D eigenvalue weighted by Gasteiger charge is 2.11. The van der Waals surface area contributed by atoms with Crippen molar-refractivity contribution in [3.63, 3.8) is 0 Å². The maximum absolute atomic E-state index is 12.0. The van der Waals surface area contributed by atoms with E-state index in [1.807, 2.05) is 17.5 Å². The molecule has 2 heterocycles. The molecule has 1 aliphatic rings. The Hall–Kier alpha value is -1.31. The first kappa shape index (κ1) is 16.5. The maximum Gasteiger partial charge on any atom is 0.226 e. The predicted molar refractivity (Wildman–Crippen MR) is 103 cm³/mol. The predicted octanol–water partition coefficient (Wildman–Crippen LogP) is 4.28. The molecule has 1 aromatic heterocycles. The molecule has 0 unspecified atom stereocenters. The van der Waals surface area contributed by atoms with Gasteiger partial charge in [0.05, 0.1) is 12.2 Å². The van der Waals surface area contributed by atoms with Crippen LogP contribution in [0, 0.1) is 6.92 Å². The number of nitrogens with zero attached hydrogens (tertiary/aromatic N) is 2. The molecule has 0 fully saturated rings. The standard InChI is InChI=1S/C16H17N3OS3/c1-11-2-4-12(5-3-11)13-10-23-15(18-13)19-14(20)6-8-21-16-17-7-9-22-16/h2-5,10H,6-9H2,1H3,(H,18,19,20). The Morgan fingerprint density at radius 3 is 2.91 bits per heavy atom. The van der Waals surface area contributed by atoms with E-state index in [0.717, 1.165) is 33.7 Å². The second kappa shape index (κ2) is 7.99. The van der Waals surface area contributed by atoms with Crippen LogP contribution < -0.4 is 5.32 Å². The number of rotatable bonds is 5. The molecule has 4 nitrogen and oxygen atoms in total. The molecule has 0 saturated carbocycles. The molecule has 0 atom stereocenters. The minimum atomic E-state index is 0.00547. The molecule has 1 aliphatic heterocycles. The number of aryl methyl sites for hydroxylation is 1. The van der Waals surface area contributed by atoms with Crippen LogP contribution >= 0.6 is 34.9 Å². The highest BCUT2D eigenvalue weighted by Crippen LogP contribution is 2.26. The van der Waals surface area contributed by atoms with Gasteiger partial charge in [0.15, 0.2) is 5.13 Å². The summed E-state index contributed by atoms with van der Waals surface area (Å²) in [6.07, 6.45) is 0.476. The molecule has 0 aliphatic carbocycles. The van der Waals surface area contributed by atoms with E-state index in [1.165, 1.54) is 16.9 Å². The number of carbonyl (C=O) groups excluding carboxylic acids is 1. The molecule has 2 aromatic rings. The van der Waals surface area contributed by atoms with Crippen molar-refractivity contribution in [1.29, 1.82) is 0 Å². The van der Waals surface area contributed by atoms with Gasteiger partial charge in [0.2, 0.25) is 5.91 Å². The van der Waals surface area contributed by atoms with Gasteiger partial charge in [0.25, 0.3) is 0 Å². The summed E-state index contributed by atoms with van der Waals surface area (Å²) in [5.41, 5.74) is 3.19. The van der Waals surface area contributed by atoms with Crippen LogP contribution in [0.25, 0.3) is 11.3 Å². The van der Waals surface area contributed by atoms with Gasteiger partial charge in [-0.25, -0.2) is 4.98 Å². The number of anilines is 1. The lowest BCUT2D eigenvalue weighted by atomic mass is 10.1. The van der Waals surface area contributed by atoms with Gasteiger partial charge in [-0.05, 0) is 6.92 Å². The van der Waals surface area contributed by atoms with Crippen LogP contribution in [0.15, 0.2) is 34.6 Å². The van der Waals surface area contributed by atoms with Gasteiger partial charge in [-0.2, -0.15) is 0 Å². The minimum Gasteiger partial charge on any atom is -0.302 e. The van der Waals surface area contributed by atoms with Gasteiger partial charge >= 0.3 is 0 Å². The molecule has 7 heteroatoms. The van der Waals surface area contributed by atoms with Gasteiger partial charge in [-0.3, -0.25) is 9.79 Å². The van der Waals surface area contributed by atoms with Crippen molar-refractivity contribution in [2.45, 2.75) is 13.3 Å². The fourth-order valence-electron chi connectivity index (χ4n) is 2.00. The third-order valence-electron chi connectivity index (χ3n) is 3.21. The lowest BCUT2D eigenvalue weighted by Gasteiger charge is -2.02. The molecule has 3 rings (SSSR count). The van der Waals surface area contributed by atoms with Crippen molar-refractivity contribution in [3.8, 4) is 11.3 Å². The SMILES string of the molecule is Cc1ccc(-c2csc(NC(=O)CCSC3=NCCS3)n2)cc1. The van der Waals surface area contributed by atoms with Crippen molar-refractivity contribution in [1.82, 2.24) is 4.98 Å². The summed E-state index contributed by atoms with van der Waals surface area (Å²) >= 11 is 4.89. The van der Waals surface area contributed by atoms with E-state index >= 15 is 0 Å². The highest BCUT2D eigenvalue weighted by molar-refractivity contribution is 8.39. The van der Waals surface area contributed by atoms with Gasteiger partial charge in [0, 0.05) is 28.9 Å². The lowest BCUT2D eigenvalue weighted by molar-refractivity contribution is -0.115. The monoisotopic (exact) mass is 363 g/mol. The molecule has 1 N–H and O–H groups in total. The summed E-state index contributed by atoms with van der Waals surface area (Å²) in [6, 6.07) is 8.22. The number of nitrogens with one attached hydrogen (secondary N) is 1. The van der Waals surface area contributed by atoms with Gasteiger partial charge in [0.1, 0.15) is 4.38 Å².